The SMILES string of the molecule is COC1C(OCc2ccccc2)=c2c(ccc(Cl)c2=C=O)N1CCN(C)C. The van der Waals surface area contributed by atoms with Crippen molar-refractivity contribution in [2.75, 3.05) is 39.2 Å². The monoisotopic (exact) mass is 386 g/mol. The third-order valence-corrected chi connectivity index (χ3v) is 4.86. The van der Waals surface area contributed by atoms with Gasteiger partial charge in [0.25, 0.3) is 0 Å². The molecule has 27 heavy (non-hydrogen) atoms. The van der Waals surface area contributed by atoms with Gasteiger partial charge in [-0.15, -0.1) is 0 Å². The number of fused-ring (bicyclic) bond motifs is 1. The lowest BCUT2D eigenvalue weighted by Gasteiger charge is -2.29. The molecule has 0 saturated carbocycles. The number of hydrogen-bond donors (Lipinski definition) is 0. The number of methoxy groups -OCH3 is 1. The summed E-state index contributed by atoms with van der Waals surface area (Å²) in [6, 6.07) is 13.5. The van der Waals surface area contributed by atoms with Crippen LogP contribution in [0.2, 0.25) is 5.02 Å². The third kappa shape index (κ3) is 4.02. The highest BCUT2D eigenvalue weighted by molar-refractivity contribution is 6.31. The average molecular weight is 387 g/mol. The summed E-state index contributed by atoms with van der Waals surface area (Å²) in [4.78, 5) is 15.8. The van der Waals surface area contributed by atoms with Crippen molar-refractivity contribution < 1.29 is 14.3 Å². The number of likely N-dealkylation sites (N-methyl/N-ethyl adjacent to an activating group) is 1. The predicted octanol–water partition coefficient (Wildman–Crippen LogP) is 1.52. The Morgan fingerprint density at radius 2 is 1.93 bits per heavy atom. The third-order valence-electron chi connectivity index (χ3n) is 4.55. The van der Waals surface area contributed by atoms with Crippen molar-refractivity contribution in [1.82, 2.24) is 4.90 Å². The lowest BCUT2D eigenvalue weighted by molar-refractivity contribution is 0.101. The Kier molecular flexibility index (Phi) is 6.19. The molecule has 0 bridgehead atoms. The van der Waals surface area contributed by atoms with Gasteiger partial charge >= 0.3 is 0 Å². The number of carbonyl (C=O) groups excluding carboxylic acids is 1. The Hall–Kier alpha value is -2.30. The van der Waals surface area contributed by atoms with Gasteiger partial charge in [0.1, 0.15) is 12.5 Å². The molecule has 1 heterocycles. The van der Waals surface area contributed by atoms with Crippen LogP contribution in [0.1, 0.15) is 5.56 Å². The van der Waals surface area contributed by atoms with Crippen LogP contribution in [0.5, 0.6) is 0 Å². The first kappa shape index (κ1) is 19.5. The first-order valence-corrected chi connectivity index (χ1v) is 9.13. The summed E-state index contributed by atoms with van der Waals surface area (Å²) in [6.07, 6.45) is -0.422. The highest BCUT2D eigenvalue weighted by Gasteiger charge is 2.33. The van der Waals surface area contributed by atoms with Crippen LogP contribution >= 0.6 is 11.6 Å². The molecule has 1 aliphatic heterocycles. The number of hydrogen-bond acceptors (Lipinski definition) is 5. The Labute approximate surface area is 164 Å². The highest BCUT2D eigenvalue weighted by Crippen LogP contribution is 2.27. The minimum Gasteiger partial charge on any atom is -0.488 e. The topological polar surface area (TPSA) is 42.0 Å². The van der Waals surface area contributed by atoms with Crippen LogP contribution in [0.3, 0.4) is 0 Å². The Balaban J connectivity index is 2.07. The zero-order valence-electron chi connectivity index (χ0n) is 15.7. The van der Waals surface area contributed by atoms with Crippen molar-refractivity contribution in [2.45, 2.75) is 12.8 Å². The summed E-state index contributed by atoms with van der Waals surface area (Å²) in [5.41, 5.74) is 1.90. The fourth-order valence-corrected chi connectivity index (χ4v) is 3.40. The van der Waals surface area contributed by atoms with E-state index in [1.807, 2.05) is 56.4 Å². The second kappa shape index (κ2) is 8.59. The maximum absolute atomic E-state index is 11.6. The summed E-state index contributed by atoms with van der Waals surface area (Å²) in [7, 11) is 5.67. The molecule has 1 atom stereocenters. The zero-order valence-corrected chi connectivity index (χ0v) is 16.5. The standard InChI is InChI=1S/C21H23ClN2O3/c1-23(2)11-12-24-18-10-9-17(22)16(13-25)19(18)20(21(24)26-3)27-14-15-7-5-4-6-8-15/h4-10,21H,11-12,14H2,1-3H3. The van der Waals surface area contributed by atoms with E-state index >= 15 is 0 Å². The Bertz CT molecular complexity index is 940. The van der Waals surface area contributed by atoms with E-state index in [-0.39, 0.29) is 0 Å². The molecule has 0 radical (unpaired) electrons. The molecule has 1 unspecified atom stereocenters. The molecule has 5 nitrogen and oxygen atoms in total. The molecule has 0 aliphatic carbocycles. The predicted molar refractivity (Wildman–Crippen MR) is 107 cm³/mol. The second-order valence-corrected chi connectivity index (χ2v) is 7.05. The molecule has 2 aromatic rings. The van der Waals surface area contributed by atoms with E-state index < -0.39 is 6.23 Å². The Morgan fingerprint density at radius 1 is 1.19 bits per heavy atom. The Morgan fingerprint density at radius 3 is 2.56 bits per heavy atom. The lowest BCUT2D eigenvalue weighted by atomic mass is 10.2. The molecule has 6 heteroatoms. The maximum atomic E-state index is 11.6. The fourth-order valence-electron chi connectivity index (χ4n) is 3.20. The first-order chi connectivity index (χ1) is 13.1. The van der Waals surface area contributed by atoms with Crippen LogP contribution < -0.4 is 15.3 Å². The number of ether oxygens (including phenoxy) is 2. The van der Waals surface area contributed by atoms with Crippen molar-refractivity contribution >= 4 is 29.0 Å². The molecule has 0 spiro atoms. The van der Waals surface area contributed by atoms with Crippen LogP contribution in [0.4, 0.5) is 5.69 Å². The largest absolute Gasteiger partial charge is 0.488 e. The number of halogens is 1. The van der Waals surface area contributed by atoms with E-state index in [1.54, 1.807) is 13.2 Å². The average Bonchev–Trinajstić information content (AvgIpc) is 2.98. The quantitative estimate of drug-likeness (QED) is 0.721. The number of nitrogens with zero attached hydrogens (tertiary/aromatic N) is 2. The van der Waals surface area contributed by atoms with Gasteiger partial charge < -0.3 is 19.3 Å². The smallest absolute Gasteiger partial charge is 0.189 e. The molecule has 2 aromatic carbocycles. The molecule has 0 saturated heterocycles. The van der Waals surface area contributed by atoms with Gasteiger partial charge in [-0.3, -0.25) is 0 Å². The van der Waals surface area contributed by atoms with Crippen molar-refractivity contribution in [2.24, 2.45) is 0 Å². The van der Waals surface area contributed by atoms with Gasteiger partial charge in [0, 0.05) is 20.2 Å². The van der Waals surface area contributed by atoms with Crippen molar-refractivity contribution in [3.05, 3.63) is 63.5 Å². The van der Waals surface area contributed by atoms with Gasteiger partial charge in [-0.25, -0.2) is 4.79 Å². The second-order valence-electron chi connectivity index (χ2n) is 6.64. The van der Waals surface area contributed by atoms with Crippen LogP contribution in [-0.2, 0) is 20.9 Å². The number of rotatable bonds is 7. The van der Waals surface area contributed by atoms with E-state index in [0.29, 0.717) is 27.8 Å². The van der Waals surface area contributed by atoms with Gasteiger partial charge in [0.2, 0.25) is 0 Å². The number of anilines is 1. The van der Waals surface area contributed by atoms with Gasteiger partial charge in [0.15, 0.2) is 12.0 Å². The van der Waals surface area contributed by atoms with Crippen molar-refractivity contribution in [3.63, 3.8) is 0 Å². The number of benzene rings is 2. The van der Waals surface area contributed by atoms with Gasteiger partial charge in [-0.05, 0) is 31.8 Å². The van der Waals surface area contributed by atoms with Gasteiger partial charge in [-0.2, -0.15) is 0 Å². The molecule has 0 N–H and O–H groups in total. The van der Waals surface area contributed by atoms with Crippen LogP contribution in [0.25, 0.3) is 5.76 Å². The molecule has 0 fully saturated rings. The lowest BCUT2D eigenvalue weighted by Crippen LogP contribution is -2.39. The highest BCUT2D eigenvalue weighted by atomic mass is 35.5. The summed E-state index contributed by atoms with van der Waals surface area (Å²) in [5, 5.41) is 1.33. The van der Waals surface area contributed by atoms with E-state index in [4.69, 9.17) is 21.1 Å². The minimum absolute atomic E-state index is 0.312. The fraction of sp³-hybridized carbons (Fsp3) is 0.333. The van der Waals surface area contributed by atoms with Crippen LogP contribution in [0.15, 0.2) is 42.5 Å². The first-order valence-electron chi connectivity index (χ1n) is 8.75. The van der Waals surface area contributed by atoms with Gasteiger partial charge in [-0.1, -0.05) is 41.9 Å². The summed E-state index contributed by atoms with van der Waals surface area (Å²) in [5.74, 6) is 2.57. The summed E-state index contributed by atoms with van der Waals surface area (Å²) >= 11 is 6.26. The van der Waals surface area contributed by atoms with E-state index in [9.17, 15) is 4.79 Å². The molecular formula is C21H23ClN2O3. The van der Waals surface area contributed by atoms with Gasteiger partial charge in [0.05, 0.1) is 21.1 Å². The van der Waals surface area contributed by atoms with Crippen molar-refractivity contribution in [3.8, 4) is 0 Å². The molecular weight excluding hydrogens is 364 g/mol. The molecule has 142 valence electrons. The van der Waals surface area contributed by atoms with E-state index in [2.05, 4.69) is 9.80 Å². The van der Waals surface area contributed by atoms with Crippen LogP contribution in [0, 0.1) is 0 Å². The van der Waals surface area contributed by atoms with E-state index in [0.717, 1.165) is 24.3 Å². The zero-order chi connectivity index (χ0) is 19.4. The minimum atomic E-state index is -0.422. The molecule has 3 rings (SSSR count). The van der Waals surface area contributed by atoms with E-state index in [1.165, 1.54) is 0 Å². The molecule has 0 aromatic heterocycles. The summed E-state index contributed by atoms with van der Waals surface area (Å²) < 4.78 is 11.9. The maximum Gasteiger partial charge on any atom is 0.189 e. The van der Waals surface area contributed by atoms with Crippen molar-refractivity contribution in [1.29, 1.82) is 0 Å². The molecule has 1 aliphatic rings. The molecule has 0 amide bonds. The normalized spacial score (nSPS) is 15.8. The summed E-state index contributed by atoms with van der Waals surface area (Å²) in [6.45, 7) is 1.92. The van der Waals surface area contributed by atoms with Crippen LogP contribution in [-0.4, -0.2) is 51.4 Å².